The van der Waals surface area contributed by atoms with Gasteiger partial charge in [0.25, 0.3) is 0 Å². The van der Waals surface area contributed by atoms with Gasteiger partial charge in [-0.15, -0.1) is 0 Å². The molecule has 3 heteroatoms. The van der Waals surface area contributed by atoms with Crippen molar-refractivity contribution in [3.63, 3.8) is 0 Å². The van der Waals surface area contributed by atoms with E-state index in [1.807, 2.05) is 30.3 Å². The third-order valence-electron chi connectivity index (χ3n) is 2.46. The van der Waals surface area contributed by atoms with Crippen LogP contribution in [-0.2, 0) is 6.54 Å². The molecular formula is C14H18N2O. The van der Waals surface area contributed by atoms with Crippen molar-refractivity contribution in [3.8, 4) is 11.3 Å². The van der Waals surface area contributed by atoms with E-state index in [-0.39, 0.29) is 5.54 Å². The van der Waals surface area contributed by atoms with Gasteiger partial charge in [-0.05, 0) is 20.8 Å². The molecule has 0 spiro atoms. The van der Waals surface area contributed by atoms with E-state index in [4.69, 9.17) is 4.42 Å². The van der Waals surface area contributed by atoms with E-state index in [1.54, 1.807) is 0 Å². The molecular weight excluding hydrogens is 212 g/mol. The molecule has 0 bridgehead atoms. The quantitative estimate of drug-likeness (QED) is 0.879. The maximum Gasteiger partial charge on any atom is 0.181 e. The molecule has 1 aromatic carbocycles. The minimum Gasteiger partial charge on any atom is -0.443 e. The van der Waals surface area contributed by atoms with Gasteiger partial charge in [-0.2, -0.15) is 0 Å². The largest absolute Gasteiger partial charge is 0.443 e. The van der Waals surface area contributed by atoms with Gasteiger partial charge in [-0.25, -0.2) is 4.98 Å². The first-order chi connectivity index (χ1) is 8.06. The number of hydrogen-bond donors (Lipinski definition) is 1. The first kappa shape index (κ1) is 11.9. The van der Waals surface area contributed by atoms with Crippen LogP contribution in [0.2, 0.25) is 0 Å². The van der Waals surface area contributed by atoms with Crippen molar-refractivity contribution in [2.45, 2.75) is 32.9 Å². The zero-order chi connectivity index (χ0) is 12.3. The second-order valence-electron chi connectivity index (χ2n) is 5.10. The van der Waals surface area contributed by atoms with E-state index in [0.717, 1.165) is 17.0 Å². The number of rotatable bonds is 3. The van der Waals surface area contributed by atoms with Gasteiger partial charge in [-0.3, -0.25) is 0 Å². The molecule has 0 unspecified atom stereocenters. The molecule has 0 amide bonds. The average Bonchev–Trinajstić information content (AvgIpc) is 2.75. The second kappa shape index (κ2) is 4.72. The molecule has 90 valence electrons. The maximum absolute atomic E-state index is 5.46. The number of nitrogens with one attached hydrogen (secondary N) is 1. The summed E-state index contributed by atoms with van der Waals surface area (Å²) in [5, 5.41) is 3.41. The Labute approximate surface area is 102 Å². The zero-order valence-electron chi connectivity index (χ0n) is 10.5. The van der Waals surface area contributed by atoms with Crippen molar-refractivity contribution in [1.29, 1.82) is 0 Å². The normalized spacial score (nSPS) is 11.7. The van der Waals surface area contributed by atoms with E-state index in [0.29, 0.717) is 6.54 Å². The lowest BCUT2D eigenvalue weighted by molar-refractivity contribution is 0.421. The summed E-state index contributed by atoms with van der Waals surface area (Å²) in [6.07, 6.45) is 1.50. The number of benzene rings is 1. The first-order valence-electron chi connectivity index (χ1n) is 5.79. The molecule has 0 saturated carbocycles. The lowest BCUT2D eigenvalue weighted by atomic mass is 10.1. The Morgan fingerprint density at radius 2 is 1.88 bits per heavy atom. The summed E-state index contributed by atoms with van der Waals surface area (Å²) < 4.78 is 5.46. The van der Waals surface area contributed by atoms with E-state index in [2.05, 4.69) is 31.1 Å². The van der Waals surface area contributed by atoms with Crippen LogP contribution in [0.15, 0.2) is 41.1 Å². The number of nitrogens with zero attached hydrogens (tertiary/aromatic N) is 1. The molecule has 0 aliphatic carbocycles. The summed E-state index contributed by atoms with van der Waals surface area (Å²) in [5.74, 6) is 0.849. The number of hydrogen-bond acceptors (Lipinski definition) is 3. The van der Waals surface area contributed by atoms with Crippen LogP contribution >= 0.6 is 0 Å². The minimum absolute atomic E-state index is 0.0763. The van der Waals surface area contributed by atoms with Gasteiger partial charge in [0, 0.05) is 17.6 Å². The molecule has 0 saturated heterocycles. The van der Waals surface area contributed by atoms with Gasteiger partial charge in [0.1, 0.15) is 5.69 Å². The Hall–Kier alpha value is -1.61. The van der Waals surface area contributed by atoms with Gasteiger partial charge < -0.3 is 9.73 Å². The molecule has 1 heterocycles. The van der Waals surface area contributed by atoms with Gasteiger partial charge in [0.05, 0.1) is 0 Å². The minimum atomic E-state index is 0.0763. The molecule has 2 rings (SSSR count). The summed E-state index contributed by atoms with van der Waals surface area (Å²) >= 11 is 0. The van der Waals surface area contributed by atoms with Crippen LogP contribution in [0.4, 0.5) is 0 Å². The SMILES string of the molecule is CC(C)(C)NCc1ncoc1-c1ccccc1. The van der Waals surface area contributed by atoms with Crippen LogP contribution in [0.5, 0.6) is 0 Å². The van der Waals surface area contributed by atoms with Gasteiger partial charge in [-0.1, -0.05) is 30.3 Å². The monoisotopic (exact) mass is 230 g/mol. The fourth-order valence-corrected chi connectivity index (χ4v) is 1.57. The van der Waals surface area contributed by atoms with Crippen molar-refractivity contribution >= 4 is 0 Å². The molecule has 1 aromatic heterocycles. The molecule has 0 radical (unpaired) electrons. The summed E-state index contributed by atoms with van der Waals surface area (Å²) in [6, 6.07) is 10.0. The number of oxazole rings is 1. The van der Waals surface area contributed by atoms with Crippen LogP contribution in [0.1, 0.15) is 26.5 Å². The summed E-state index contributed by atoms with van der Waals surface area (Å²) in [4.78, 5) is 4.27. The van der Waals surface area contributed by atoms with Crippen molar-refractivity contribution in [1.82, 2.24) is 10.3 Å². The highest BCUT2D eigenvalue weighted by Crippen LogP contribution is 2.22. The Morgan fingerprint density at radius 1 is 1.18 bits per heavy atom. The Morgan fingerprint density at radius 3 is 2.53 bits per heavy atom. The van der Waals surface area contributed by atoms with E-state index >= 15 is 0 Å². The molecule has 0 fully saturated rings. The predicted molar refractivity (Wildman–Crippen MR) is 68.5 cm³/mol. The second-order valence-corrected chi connectivity index (χ2v) is 5.10. The van der Waals surface area contributed by atoms with Crippen molar-refractivity contribution in [2.24, 2.45) is 0 Å². The zero-order valence-corrected chi connectivity index (χ0v) is 10.5. The first-order valence-corrected chi connectivity index (χ1v) is 5.79. The fraction of sp³-hybridized carbons (Fsp3) is 0.357. The smallest absolute Gasteiger partial charge is 0.181 e. The van der Waals surface area contributed by atoms with E-state index in [1.165, 1.54) is 6.39 Å². The van der Waals surface area contributed by atoms with Crippen LogP contribution in [0, 0.1) is 0 Å². The average molecular weight is 230 g/mol. The highest BCUT2D eigenvalue weighted by molar-refractivity contribution is 5.59. The van der Waals surface area contributed by atoms with Crippen molar-refractivity contribution in [2.75, 3.05) is 0 Å². The predicted octanol–water partition coefficient (Wildman–Crippen LogP) is 3.23. The highest BCUT2D eigenvalue weighted by Gasteiger charge is 2.14. The van der Waals surface area contributed by atoms with Crippen LogP contribution in [-0.4, -0.2) is 10.5 Å². The van der Waals surface area contributed by atoms with E-state index in [9.17, 15) is 0 Å². The Balaban J connectivity index is 2.18. The third kappa shape index (κ3) is 3.17. The van der Waals surface area contributed by atoms with Crippen molar-refractivity contribution in [3.05, 3.63) is 42.4 Å². The van der Waals surface area contributed by atoms with Crippen molar-refractivity contribution < 1.29 is 4.42 Å². The standard InChI is InChI=1S/C14H18N2O/c1-14(2,3)16-9-12-13(17-10-15-12)11-7-5-4-6-8-11/h4-8,10,16H,9H2,1-3H3. The van der Waals surface area contributed by atoms with Gasteiger partial charge in [0.15, 0.2) is 12.2 Å². The highest BCUT2D eigenvalue weighted by atomic mass is 16.3. The van der Waals surface area contributed by atoms with Crippen LogP contribution in [0.25, 0.3) is 11.3 Å². The fourth-order valence-electron chi connectivity index (χ4n) is 1.57. The third-order valence-corrected chi connectivity index (χ3v) is 2.46. The summed E-state index contributed by atoms with van der Waals surface area (Å²) in [6.45, 7) is 7.12. The maximum atomic E-state index is 5.46. The molecule has 0 aliphatic heterocycles. The lowest BCUT2D eigenvalue weighted by Crippen LogP contribution is -2.35. The molecule has 17 heavy (non-hydrogen) atoms. The van der Waals surface area contributed by atoms with Crippen LogP contribution < -0.4 is 5.32 Å². The summed E-state index contributed by atoms with van der Waals surface area (Å²) in [7, 11) is 0. The molecule has 2 aromatic rings. The molecule has 1 N–H and O–H groups in total. The van der Waals surface area contributed by atoms with Gasteiger partial charge in [0.2, 0.25) is 0 Å². The molecule has 3 nitrogen and oxygen atoms in total. The van der Waals surface area contributed by atoms with Crippen LogP contribution in [0.3, 0.4) is 0 Å². The molecule has 0 aliphatic rings. The Bertz CT molecular complexity index is 468. The summed E-state index contributed by atoms with van der Waals surface area (Å²) in [5.41, 5.74) is 2.09. The van der Waals surface area contributed by atoms with Gasteiger partial charge >= 0.3 is 0 Å². The lowest BCUT2D eigenvalue weighted by Gasteiger charge is -2.19. The molecule has 0 atom stereocenters. The number of aromatic nitrogens is 1. The van der Waals surface area contributed by atoms with E-state index < -0.39 is 0 Å². The Kier molecular flexibility index (Phi) is 3.29. The topological polar surface area (TPSA) is 38.1 Å².